The first-order valence-corrected chi connectivity index (χ1v) is 7.59. The smallest absolute Gasteiger partial charge is 0.117 e. The highest BCUT2D eigenvalue weighted by molar-refractivity contribution is 7.05. The molecule has 0 aliphatic heterocycles. The Balaban J connectivity index is 2.14. The lowest BCUT2D eigenvalue weighted by Gasteiger charge is -2.19. The number of rotatable bonds is 2. The van der Waals surface area contributed by atoms with Crippen molar-refractivity contribution in [1.29, 1.82) is 0 Å². The highest BCUT2D eigenvalue weighted by Gasteiger charge is 2.27. The molecule has 3 rings (SSSR count). The maximum absolute atomic E-state index is 10.8. The Morgan fingerprint density at radius 2 is 2.00 bits per heavy atom. The fraction of sp³-hybridized carbons (Fsp3) is 0.312. The summed E-state index contributed by atoms with van der Waals surface area (Å²) in [6.07, 6.45) is 2.82. The monoisotopic (exact) mass is 299 g/mol. The van der Waals surface area contributed by atoms with Gasteiger partial charge in [0.15, 0.2) is 0 Å². The molecule has 0 saturated carbocycles. The third-order valence-electron chi connectivity index (χ3n) is 3.48. The van der Waals surface area contributed by atoms with E-state index in [1.807, 2.05) is 24.3 Å². The molecule has 0 saturated heterocycles. The van der Waals surface area contributed by atoms with Gasteiger partial charge >= 0.3 is 0 Å². The van der Waals surface area contributed by atoms with Gasteiger partial charge in [-0.15, -0.1) is 5.10 Å². The second-order valence-electron chi connectivity index (χ2n) is 6.08. The lowest BCUT2D eigenvalue weighted by Crippen LogP contribution is -2.16. The molecule has 1 unspecified atom stereocenters. The van der Waals surface area contributed by atoms with Crippen LogP contribution in [0.3, 0.4) is 0 Å². The molecule has 4 nitrogen and oxygen atoms in total. The molecule has 21 heavy (non-hydrogen) atoms. The Kier molecular flexibility index (Phi) is 3.47. The Morgan fingerprint density at radius 3 is 2.76 bits per heavy atom. The minimum absolute atomic E-state index is 0.147. The van der Waals surface area contributed by atoms with Crippen molar-refractivity contribution in [2.45, 2.75) is 32.3 Å². The molecule has 2 aromatic heterocycles. The van der Waals surface area contributed by atoms with Crippen molar-refractivity contribution in [2.24, 2.45) is 0 Å². The van der Waals surface area contributed by atoms with E-state index in [0.717, 1.165) is 26.9 Å². The molecule has 0 bridgehead atoms. The summed E-state index contributed by atoms with van der Waals surface area (Å²) >= 11 is 1.26. The molecule has 1 N–H and O–H groups in total. The van der Waals surface area contributed by atoms with Gasteiger partial charge in [0.1, 0.15) is 6.10 Å². The molecular formula is C16H17N3OS. The maximum Gasteiger partial charge on any atom is 0.117 e. The number of nitrogens with zero attached hydrogens (tertiary/aromatic N) is 3. The molecule has 0 radical (unpaired) electrons. The van der Waals surface area contributed by atoms with Crippen molar-refractivity contribution in [3.8, 4) is 0 Å². The Hall–Kier alpha value is -1.85. The average Bonchev–Trinajstić information content (AvgIpc) is 2.95. The van der Waals surface area contributed by atoms with E-state index in [2.05, 4.69) is 35.3 Å². The molecule has 0 aliphatic carbocycles. The Bertz CT molecular complexity index is 771. The zero-order chi connectivity index (χ0) is 15.0. The van der Waals surface area contributed by atoms with Crippen molar-refractivity contribution in [2.75, 3.05) is 0 Å². The number of aliphatic hydroxyl groups excluding tert-OH is 1. The second kappa shape index (κ2) is 5.16. The SMILES string of the molecule is CC(C)(C)c1nnsc1C(O)c1cccc2ccncc12. The van der Waals surface area contributed by atoms with Crippen LogP contribution in [0.4, 0.5) is 0 Å². The van der Waals surface area contributed by atoms with Crippen molar-refractivity contribution in [1.82, 2.24) is 14.6 Å². The molecular weight excluding hydrogens is 282 g/mol. The predicted molar refractivity (Wildman–Crippen MR) is 84.4 cm³/mol. The van der Waals surface area contributed by atoms with E-state index in [1.165, 1.54) is 11.5 Å². The first kappa shape index (κ1) is 14.1. The van der Waals surface area contributed by atoms with Crippen LogP contribution >= 0.6 is 11.5 Å². The maximum atomic E-state index is 10.8. The van der Waals surface area contributed by atoms with Crippen molar-refractivity contribution < 1.29 is 5.11 Å². The minimum atomic E-state index is -0.730. The van der Waals surface area contributed by atoms with Gasteiger partial charge in [0.25, 0.3) is 0 Å². The first-order valence-electron chi connectivity index (χ1n) is 6.82. The van der Waals surface area contributed by atoms with E-state index in [4.69, 9.17) is 0 Å². The van der Waals surface area contributed by atoms with E-state index in [9.17, 15) is 5.11 Å². The van der Waals surface area contributed by atoms with Gasteiger partial charge in [0.2, 0.25) is 0 Å². The Labute approximate surface area is 127 Å². The van der Waals surface area contributed by atoms with Gasteiger partial charge < -0.3 is 5.11 Å². The Morgan fingerprint density at radius 1 is 1.19 bits per heavy atom. The van der Waals surface area contributed by atoms with Crippen LogP contribution in [0.5, 0.6) is 0 Å². The molecule has 0 spiro atoms. The van der Waals surface area contributed by atoms with Gasteiger partial charge in [-0.2, -0.15) is 0 Å². The molecule has 1 aromatic carbocycles. The van der Waals surface area contributed by atoms with Crippen molar-refractivity contribution >= 4 is 22.3 Å². The largest absolute Gasteiger partial charge is 0.383 e. The molecule has 2 heterocycles. The summed E-state index contributed by atoms with van der Waals surface area (Å²) in [6.45, 7) is 6.22. The van der Waals surface area contributed by atoms with Gasteiger partial charge in [0.05, 0.1) is 10.6 Å². The molecule has 0 aliphatic rings. The first-order chi connectivity index (χ1) is 9.98. The van der Waals surface area contributed by atoms with Gasteiger partial charge in [-0.25, -0.2) is 0 Å². The normalized spacial score (nSPS) is 13.5. The third kappa shape index (κ3) is 2.54. The molecule has 0 fully saturated rings. The van der Waals surface area contributed by atoms with Crippen molar-refractivity contribution in [3.63, 3.8) is 0 Å². The second-order valence-corrected chi connectivity index (χ2v) is 6.87. The lowest BCUT2D eigenvalue weighted by atomic mass is 9.89. The van der Waals surface area contributed by atoms with E-state index >= 15 is 0 Å². The summed E-state index contributed by atoms with van der Waals surface area (Å²) in [7, 11) is 0. The summed E-state index contributed by atoms with van der Waals surface area (Å²) in [5, 5.41) is 17.1. The fourth-order valence-corrected chi connectivity index (χ4v) is 3.28. The van der Waals surface area contributed by atoms with Crippen LogP contribution in [0, 0.1) is 0 Å². The topological polar surface area (TPSA) is 58.9 Å². The average molecular weight is 299 g/mol. The number of aromatic nitrogens is 3. The summed E-state index contributed by atoms with van der Waals surface area (Å²) < 4.78 is 4.03. The summed E-state index contributed by atoms with van der Waals surface area (Å²) in [4.78, 5) is 4.97. The molecule has 3 aromatic rings. The third-order valence-corrected chi connectivity index (χ3v) is 4.26. The van der Waals surface area contributed by atoms with E-state index in [1.54, 1.807) is 12.4 Å². The van der Waals surface area contributed by atoms with E-state index < -0.39 is 6.10 Å². The molecule has 1 atom stereocenters. The number of hydrogen-bond donors (Lipinski definition) is 1. The van der Waals surface area contributed by atoms with Gasteiger partial charge in [-0.05, 0) is 28.5 Å². The van der Waals surface area contributed by atoms with Crippen LogP contribution in [0.2, 0.25) is 0 Å². The van der Waals surface area contributed by atoms with Crippen LogP contribution in [0.25, 0.3) is 10.8 Å². The predicted octanol–water partition coefficient (Wildman–Crippen LogP) is 3.47. The van der Waals surface area contributed by atoms with E-state index in [0.29, 0.717) is 0 Å². The molecule has 108 valence electrons. The minimum Gasteiger partial charge on any atom is -0.383 e. The van der Waals surface area contributed by atoms with E-state index in [-0.39, 0.29) is 5.41 Å². The van der Waals surface area contributed by atoms with Gasteiger partial charge in [-0.3, -0.25) is 4.98 Å². The highest BCUT2D eigenvalue weighted by atomic mass is 32.1. The van der Waals surface area contributed by atoms with Crippen LogP contribution in [0.15, 0.2) is 36.7 Å². The summed E-state index contributed by atoms with van der Waals surface area (Å²) in [5.41, 5.74) is 1.55. The number of benzene rings is 1. The lowest BCUT2D eigenvalue weighted by molar-refractivity contribution is 0.222. The van der Waals surface area contributed by atoms with Crippen LogP contribution in [0.1, 0.15) is 43.0 Å². The molecule has 0 amide bonds. The summed E-state index contributed by atoms with van der Waals surface area (Å²) in [6, 6.07) is 7.84. The fourth-order valence-electron chi connectivity index (χ4n) is 2.41. The quantitative estimate of drug-likeness (QED) is 0.787. The summed E-state index contributed by atoms with van der Waals surface area (Å²) in [5.74, 6) is 0. The number of fused-ring (bicyclic) bond motifs is 1. The number of hydrogen-bond acceptors (Lipinski definition) is 5. The number of aliphatic hydroxyl groups is 1. The highest BCUT2D eigenvalue weighted by Crippen LogP contribution is 2.35. The van der Waals surface area contributed by atoms with Crippen LogP contribution < -0.4 is 0 Å². The zero-order valence-electron chi connectivity index (χ0n) is 12.2. The van der Waals surface area contributed by atoms with Crippen molar-refractivity contribution in [3.05, 3.63) is 52.8 Å². The standard InChI is InChI=1S/C16H17N3OS/c1-16(2,3)15-14(21-19-18-15)13(20)11-6-4-5-10-7-8-17-9-12(10)11/h4-9,13,20H,1-3H3. The van der Waals surface area contributed by atoms with Gasteiger partial charge in [-0.1, -0.05) is 43.5 Å². The van der Waals surface area contributed by atoms with Crippen LogP contribution in [-0.4, -0.2) is 19.7 Å². The number of pyridine rings is 1. The van der Waals surface area contributed by atoms with Gasteiger partial charge in [0, 0.05) is 23.2 Å². The zero-order valence-corrected chi connectivity index (χ0v) is 13.1. The van der Waals surface area contributed by atoms with Crippen LogP contribution in [-0.2, 0) is 5.41 Å². The molecule has 5 heteroatoms.